The second-order valence-electron chi connectivity index (χ2n) is 4.74. The Morgan fingerprint density at radius 2 is 2.33 bits per heavy atom. The van der Waals surface area contributed by atoms with Gasteiger partial charge in [0, 0.05) is 25.7 Å². The summed E-state index contributed by atoms with van der Waals surface area (Å²) in [5.41, 5.74) is 0.448. The summed E-state index contributed by atoms with van der Waals surface area (Å²) < 4.78 is 1.79. The standard InChI is InChI=1S/C12H21N5O/c1-4-9(3)16(5-2)12(18)11-8-17(15-14-11)10-6-13-7-10/h8-10,13H,4-7H2,1-3H3. The maximum absolute atomic E-state index is 12.3. The minimum atomic E-state index is -0.0228. The van der Waals surface area contributed by atoms with E-state index in [0.717, 1.165) is 19.5 Å². The fourth-order valence-electron chi connectivity index (χ4n) is 2.04. The summed E-state index contributed by atoms with van der Waals surface area (Å²) in [6, 6.07) is 0.579. The number of rotatable bonds is 5. The second-order valence-corrected chi connectivity index (χ2v) is 4.74. The Morgan fingerprint density at radius 1 is 1.61 bits per heavy atom. The van der Waals surface area contributed by atoms with Crippen molar-refractivity contribution >= 4 is 5.91 Å². The van der Waals surface area contributed by atoms with Crippen LogP contribution in [0.15, 0.2) is 6.20 Å². The van der Waals surface area contributed by atoms with Gasteiger partial charge in [-0.3, -0.25) is 4.79 Å². The highest BCUT2D eigenvalue weighted by Crippen LogP contribution is 2.12. The van der Waals surface area contributed by atoms with E-state index in [1.165, 1.54) is 0 Å². The molecular weight excluding hydrogens is 230 g/mol. The molecule has 1 amide bonds. The van der Waals surface area contributed by atoms with Crippen molar-refractivity contribution in [1.82, 2.24) is 25.2 Å². The van der Waals surface area contributed by atoms with Gasteiger partial charge >= 0.3 is 0 Å². The van der Waals surface area contributed by atoms with E-state index < -0.39 is 0 Å². The predicted octanol–water partition coefficient (Wildman–Crippen LogP) is 0.683. The lowest BCUT2D eigenvalue weighted by molar-refractivity contribution is 0.0693. The van der Waals surface area contributed by atoms with Gasteiger partial charge in [0.1, 0.15) is 0 Å². The predicted molar refractivity (Wildman–Crippen MR) is 68.4 cm³/mol. The molecular formula is C12H21N5O. The van der Waals surface area contributed by atoms with Crippen LogP contribution in [0, 0.1) is 0 Å². The number of hydrogen-bond donors (Lipinski definition) is 1. The maximum atomic E-state index is 12.3. The molecule has 1 aliphatic rings. The van der Waals surface area contributed by atoms with Crippen LogP contribution in [-0.2, 0) is 0 Å². The van der Waals surface area contributed by atoms with Crippen LogP contribution in [0.25, 0.3) is 0 Å². The normalized spacial score (nSPS) is 17.3. The van der Waals surface area contributed by atoms with Gasteiger partial charge in [-0.1, -0.05) is 12.1 Å². The molecule has 0 radical (unpaired) electrons. The van der Waals surface area contributed by atoms with Gasteiger partial charge in [0.05, 0.1) is 12.2 Å². The number of amides is 1. The van der Waals surface area contributed by atoms with Crippen LogP contribution in [0.3, 0.4) is 0 Å². The highest BCUT2D eigenvalue weighted by Gasteiger charge is 2.25. The third-order valence-electron chi connectivity index (χ3n) is 3.59. The van der Waals surface area contributed by atoms with Crippen molar-refractivity contribution in [2.75, 3.05) is 19.6 Å². The lowest BCUT2D eigenvalue weighted by Gasteiger charge is -2.27. The van der Waals surface area contributed by atoms with Crippen LogP contribution >= 0.6 is 0 Å². The molecule has 1 N–H and O–H groups in total. The van der Waals surface area contributed by atoms with Crippen LogP contribution in [-0.4, -0.2) is 51.5 Å². The minimum absolute atomic E-state index is 0.0228. The third-order valence-corrected chi connectivity index (χ3v) is 3.59. The highest BCUT2D eigenvalue weighted by molar-refractivity contribution is 5.92. The van der Waals surface area contributed by atoms with Crippen molar-refractivity contribution in [3.8, 4) is 0 Å². The van der Waals surface area contributed by atoms with Crippen LogP contribution in [0.1, 0.15) is 43.7 Å². The Kier molecular flexibility index (Phi) is 3.96. The third kappa shape index (κ3) is 2.38. The van der Waals surface area contributed by atoms with E-state index in [0.29, 0.717) is 18.3 Å². The van der Waals surface area contributed by atoms with Crippen LogP contribution in [0.4, 0.5) is 0 Å². The smallest absolute Gasteiger partial charge is 0.276 e. The first-order chi connectivity index (χ1) is 8.67. The van der Waals surface area contributed by atoms with Crippen molar-refractivity contribution in [1.29, 1.82) is 0 Å². The van der Waals surface area contributed by atoms with E-state index in [4.69, 9.17) is 0 Å². The Morgan fingerprint density at radius 3 is 2.83 bits per heavy atom. The molecule has 2 rings (SSSR count). The Labute approximate surface area is 107 Å². The number of aromatic nitrogens is 3. The van der Waals surface area contributed by atoms with E-state index in [1.807, 2.05) is 11.8 Å². The quantitative estimate of drug-likeness (QED) is 0.836. The largest absolute Gasteiger partial charge is 0.335 e. The van der Waals surface area contributed by atoms with Gasteiger partial charge in [0.25, 0.3) is 5.91 Å². The molecule has 1 aliphatic heterocycles. The zero-order valence-electron chi connectivity index (χ0n) is 11.3. The number of carbonyl (C=O) groups excluding carboxylic acids is 1. The van der Waals surface area contributed by atoms with Crippen LogP contribution in [0.2, 0.25) is 0 Å². The van der Waals surface area contributed by atoms with Gasteiger partial charge in [-0.15, -0.1) is 5.10 Å². The van der Waals surface area contributed by atoms with E-state index in [-0.39, 0.29) is 11.9 Å². The van der Waals surface area contributed by atoms with Crippen molar-refractivity contribution in [2.45, 2.75) is 39.3 Å². The second kappa shape index (κ2) is 5.48. The molecule has 0 saturated carbocycles. The molecule has 100 valence electrons. The topological polar surface area (TPSA) is 63.1 Å². The fraction of sp³-hybridized carbons (Fsp3) is 0.750. The zero-order valence-corrected chi connectivity index (χ0v) is 11.3. The van der Waals surface area contributed by atoms with Crippen LogP contribution < -0.4 is 5.32 Å². The number of nitrogens with one attached hydrogen (secondary N) is 1. The summed E-state index contributed by atoms with van der Waals surface area (Å²) in [7, 11) is 0. The summed E-state index contributed by atoms with van der Waals surface area (Å²) in [5, 5.41) is 11.2. The summed E-state index contributed by atoms with van der Waals surface area (Å²) in [4.78, 5) is 14.2. The Hall–Kier alpha value is -1.43. The first kappa shape index (κ1) is 13.0. The average Bonchev–Trinajstić information content (AvgIpc) is 2.76. The molecule has 1 aromatic rings. The summed E-state index contributed by atoms with van der Waals surface area (Å²) in [5.74, 6) is -0.0228. The molecule has 0 spiro atoms. The van der Waals surface area contributed by atoms with E-state index in [1.54, 1.807) is 10.9 Å². The SMILES string of the molecule is CCC(C)N(CC)C(=O)c1cn(C2CNC2)nn1. The molecule has 0 bridgehead atoms. The Bertz CT molecular complexity index is 412. The van der Waals surface area contributed by atoms with Gasteiger partial charge in [0.2, 0.25) is 0 Å². The first-order valence-corrected chi connectivity index (χ1v) is 6.60. The molecule has 18 heavy (non-hydrogen) atoms. The van der Waals surface area contributed by atoms with E-state index >= 15 is 0 Å². The minimum Gasteiger partial charge on any atom is -0.335 e. The number of nitrogens with zero attached hydrogens (tertiary/aromatic N) is 4. The van der Waals surface area contributed by atoms with Crippen LogP contribution in [0.5, 0.6) is 0 Å². The van der Waals surface area contributed by atoms with Crippen molar-refractivity contribution in [3.05, 3.63) is 11.9 Å². The van der Waals surface area contributed by atoms with Gasteiger partial charge in [-0.25, -0.2) is 4.68 Å². The monoisotopic (exact) mass is 251 g/mol. The average molecular weight is 251 g/mol. The van der Waals surface area contributed by atoms with Gasteiger partial charge in [-0.05, 0) is 20.3 Å². The molecule has 0 aromatic carbocycles. The lowest BCUT2D eigenvalue weighted by Crippen LogP contribution is -2.43. The molecule has 1 aromatic heterocycles. The molecule has 1 atom stereocenters. The van der Waals surface area contributed by atoms with E-state index in [9.17, 15) is 4.79 Å². The Balaban J connectivity index is 2.09. The van der Waals surface area contributed by atoms with Gasteiger partial charge in [-0.2, -0.15) is 0 Å². The first-order valence-electron chi connectivity index (χ1n) is 6.60. The van der Waals surface area contributed by atoms with Crippen molar-refractivity contribution in [2.24, 2.45) is 0 Å². The molecule has 0 aliphatic carbocycles. The fourth-order valence-corrected chi connectivity index (χ4v) is 2.04. The molecule has 6 nitrogen and oxygen atoms in total. The molecule has 1 fully saturated rings. The molecule has 1 unspecified atom stereocenters. The maximum Gasteiger partial charge on any atom is 0.276 e. The summed E-state index contributed by atoms with van der Waals surface area (Å²) in [6.07, 6.45) is 2.71. The number of hydrogen-bond acceptors (Lipinski definition) is 4. The van der Waals surface area contributed by atoms with Gasteiger partial charge in [0.15, 0.2) is 5.69 Å². The highest BCUT2D eigenvalue weighted by atomic mass is 16.2. The zero-order chi connectivity index (χ0) is 13.1. The summed E-state index contributed by atoms with van der Waals surface area (Å²) in [6.45, 7) is 8.63. The molecule has 2 heterocycles. The van der Waals surface area contributed by atoms with E-state index in [2.05, 4.69) is 29.5 Å². The van der Waals surface area contributed by atoms with Crippen molar-refractivity contribution in [3.63, 3.8) is 0 Å². The van der Waals surface area contributed by atoms with Gasteiger partial charge < -0.3 is 10.2 Å². The lowest BCUT2D eigenvalue weighted by atomic mass is 10.2. The summed E-state index contributed by atoms with van der Waals surface area (Å²) >= 11 is 0. The number of carbonyl (C=O) groups is 1. The van der Waals surface area contributed by atoms with Crippen molar-refractivity contribution < 1.29 is 4.79 Å². The molecule has 1 saturated heterocycles. The molecule has 6 heteroatoms.